The van der Waals surface area contributed by atoms with Crippen LogP contribution in [-0.2, 0) is 33.2 Å². The van der Waals surface area contributed by atoms with Crippen LogP contribution in [0.1, 0.15) is 40.5 Å². The lowest BCUT2D eigenvalue weighted by molar-refractivity contribution is -0.159. The molecular weight excluding hydrogens is 382 g/mol. The number of hydroxylamine groups is 2. The maximum Gasteiger partial charge on any atom is 0.421 e. The summed E-state index contributed by atoms with van der Waals surface area (Å²) in [5, 5.41) is 0.678. The van der Waals surface area contributed by atoms with Crippen LogP contribution in [0.15, 0.2) is 0 Å². The minimum absolute atomic E-state index is 0.133. The molecule has 0 aliphatic carbocycles. The Kier molecular flexibility index (Phi) is 6.02. The van der Waals surface area contributed by atoms with E-state index < -0.39 is 52.4 Å². The van der Waals surface area contributed by atoms with Gasteiger partial charge < -0.3 is 15.4 Å². The van der Waals surface area contributed by atoms with Crippen LogP contribution in [0.2, 0.25) is 0 Å². The number of nitrogens with two attached hydrogens (primary N) is 1. The molecule has 1 unspecified atom stereocenters. The van der Waals surface area contributed by atoms with E-state index in [1.54, 1.807) is 13.8 Å². The van der Waals surface area contributed by atoms with Gasteiger partial charge in [-0.2, -0.15) is 13.5 Å². The second-order valence-electron chi connectivity index (χ2n) is 7.49. The fourth-order valence-electron chi connectivity index (χ4n) is 2.80. The molecule has 3 amide bonds. The van der Waals surface area contributed by atoms with Crippen molar-refractivity contribution in [2.45, 2.75) is 58.7 Å². The van der Waals surface area contributed by atoms with Crippen molar-refractivity contribution < 1.29 is 36.0 Å². The Labute approximate surface area is 158 Å². The zero-order valence-corrected chi connectivity index (χ0v) is 16.5. The smallest absolute Gasteiger partial charge is 0.421 e. The molecule has 2 bridgehead atoms. The monoisotopic (exact) mass is 407 g/mol. The molecule has 0 aromatic carbocycles. The summed E-state index contributed by atoms with van der Waals surface area (Å²) < 4.78 is 38.9. The van der Waals surface area contributed by atoms with Gasteiger partial charge in [-0.1, -0.05) is 0 Å². The van der Waals surface area contributed by atoms with E-state index in [-0.39, 0.29) is 12.6 Å². The third kappa shape index (κ3) is 4.87. The van der Waals surface area contributed by atoms with Crippen molar-refractivity contribution in [3.8, 4) is 0 Å². The average molecular weight is 407 g/mol. The molecule has 12 heteroatoms. The van der Waals surface area contributed by atoms with Crippen LogP contribution in [0, 0.1) is 5.41 Å². The third-order valence-electron chi connectivity index (χ3n) is 4.28. The zero-order chi connectivity index (χ0) is 20.6. The van der Waals surface area contributed by atoms with Crippen LogP contribution in [0.25, 0.3) is 0 Å². The largest absolute Gasteiger partial charge is 0.462 e. The van der Waals surface area contributed by atoms with Crippen molar-refractivity contribution in [3.63, 3.8) is 0 Å². The minimum Gasteiger partial charge on any atom is -0.462 e. The molecular formula is C15H25N3O8S. The number of hydrogen-bond acceptors (Lipinski definition) is 8. The fraction of sp³-hybridized carbons (Fsp3) is 0.800. The van der Waals surface area contributed by atoms with E-state index in [0.29, 0.717) is 17.9 Å². The standard InChI is InChI=1S/C15H25N3O8S/c1-9(2)25-13(20)15(3,4)8-24-27(22,23)26-18-10-5-6-11(12(16)19)17(7-10)14(18)21/h9-11H,5-8H2,1-4H3,(H2,16,19)/t10?,11-/m0/s1. The van der Waals surface area contributed by atoms with Crippen LogP contribution in [-0.4, -0.2) is 67.6 Å². The topological polar surface area (TPSA) is 146 Å². The lowest BCUT2D eigenvalue weighted by atomic mass is 9.95. The number of nitrogens with zero attached hydrogens (tertiary/aromatic N) is 2. The molecule has 0 aromatic rings. The minimum atomic E-state index is -4.62. The molecule has 27 heavy (non-hydrogen) atoms. The van der Waals surface area contributed by atoms with Crippen molar-refractivity contribution in [1.82, 2.24) is 9.96 Å². The quantitative estimate of drug-likeness (QED) is 0.549. The van der Waals surface area contributed by atoms with Gasteiger partial charge in [-0.3, -0.25) is 9.59 Å². The van der Waals surface area contributed by atoms with Gasteiger partial charge in [0.2, 0.25) is 5.91 Å². The van der Waals surface area contributed by atoms with E-state index in [9.17, 15) is 22.8 Å². The lowest BCUT2D eigenvalue weighted by Crippen LogP contribution is -2.47. The number of carbonyl (C=O) groups is 3. The van der Waals surface area contributed by atoms with E-state index in [1.165, 1.54) is 18.7 Å². The molecule has 2 N–H and O–H groups in total. The predicted octanol–water partition coefficient (Wildman–Crippen LogP) is -0.0889. The van der Waals surface area contributed by atoms with Crippen molar-refractivity contribution in [3.05, 3.63) is 0 Å². The summed E-state index contributed by atoms with van der Waals surface area (Å²) in [7, 11) is -4.62. The van der Waals surface area contributed by atoms with E-state index in [2.05, 4.69) is 0 Å². The predicted molar refractivity (Wildman–Crippen MR) is 90.9 cm³/mol. The Hall–Kier alpha value is -1.92. The molecule has 154 valence electrons. The molecule has 2 aliphatic rings. The molecule has 11 nitrogen and oxygen atoms in total. The van der Waals surface area contributed by atoms with Gasteiger partial charge in [-0.25, -0.2) is 8.98 Å². The first-order valence-corrected chi connectivity index (χ1v) is 9.86. The molecule has 0 radical (unpaired) electrons. The highest BCUT2D eigenvalue weighted by molar-refractivity contribution is 7.81. The molecule has 2 saturated heterocycles. The Morgan fingerprint density at radius 1 is 1.30 bits per heavy atom. The van der Waals surface area contributed by atoms with Crippen molar-refractivity contribution in [2.24, 2.45) is 11.1 Å². The summed E-state index contributed by atoms with van der Waals surface area (Å²) in [5.74, 6) is -1.29. The molecule has 2 fully saturated rings. The second kappa shape index (κ2) is 7.60. The number of piperidine rings is 1. The van der Waals surface area contributed by atoms with Crippen molar-refractivity contribution in [2.75, 3.05) is 13.2 Å². The van der Waals surface area contributed by atoms with E-state index in [0.717, 1.165) is 0 Å². The summed E-state index contributed by atoms with van der Waals surface area (Å²) in [6.45, 7) is 5.87. The molecule has 2 heterocycles. The Bertz CT molecular complexity index is 721. The van der Waals surface area contributed by atoms with E-state index in [4.69, 9.17) is 18.9 Å². The van der Waals surface area contributed by atoms with Crippen molar-refractivity contribution >= 4 is 28.3 Å². The first kappa shape index (κ1) is 21.4. The number of amides is 3. The van der Waals surface area contributed by atoms with Crippen LogP contribution in [0.5, 0.6) is 0 Å². The van der Waals surface area contributed by atoms with Crippen LogP contribution in [0.4, 0.5) is 4.79 Å². The number of esters is 1. The zero-order valence-electron chi connectivity index (χ0n) is 15.7. The van der Waals surface area contributed by atoms with Gasteiger partial charge in [0.15, 0.2) is 0 Å². The number of ether oxygens (including phenoxy) is 1. The Morgan fingerprint density at radius 3 is 2.48 bits per heavy atom. The summed E-state index contributed by atoms with van der Waals surface area (Å²) in [5.41, 5.74) is 4.02. The van der Waals surface area contributed by atoms with Gasteiger partial charge in [-0.05, 0) is 40.5 Å². The molecule has 2 rings (SSSR count). The maximum atomic E-state index is 12.3. The summed E-state index contributed by atoms with van der Waals surface area (Å²) in [6.07, 6.45) is 0.316. The normalized spacial score (nSPS) is 23.1. The Balaban J connectivity index is 2.00. The first-order valence-electron chi connectivity index (χ1n) is 8.53. The van der Waals surface area contributed by atoms with Crippen molar-refractivity contribution in [1.29, 1.82) is 0 Å². The maximum absolute atomic E-state index is 12.3. The van der Waals surface area contributed by atoms with Gasteiger partial charge in [0.1, 0.15) is 6.04 Å². The SMILES string of the molecule is CC(C)OC(=O)C(C)(C)COS(=O)(=O)ON1C(=O)N2CC1CC[C@H]2C(N)=O. The highest BCUT2D eigenvalue weighted by Gasteiger charge is 2.49. The van der Waals surface area contributed by atoms with Gasteiger partial charge >= 0.3 is 22.4 Å². The van der Waals surface area contributed by atoms with E-state index in [1.807, 2.05) is 0 Å². The highest BCUT2D eigenvalue weighted by atomic mass is 32.3. The summed E-state index contributed by atoms with van der Waals surface area (Å²) in [4.78, 5) is 36.9. The molecule has 0 saturated carbocycles. The second-order valence-corrected chi connectivity index (χ2v) is 8.69. The van der Waals surface area contributed by atoms with Gasteiger partial charge in [0.05, 0.1) is 24.2 Å². The fourth-order valence-corrected chi connectivity index (χ4v) is 3.66. The molecule has 0 aromatic heterocycles. The summed E-state index contributed by atoms with van der Waals surface area (Å²) >= 11 is 0. The Morgan fingerprint density at radius 2 is 1.93 bits per heavy atom. The number of rotatable bonds is 8. The molecule has 0 spiro atoms. The van der Waals surface area contributed by atoms with Crippen LogP contribution >= 0.6 is 0 Å². The first-order chi connectivity index (χ1) is 12.3. The third-order valence-corrected chi connectivity index (χ3v) is 5.03. The number of fused-ring (bicyclic) bond motifs is 2. The molecule has 2 aliphatic heterocycles. The van der Waals surface area contributed by atoms with Gasteiger partial charge in [0.25, 0.3) is 0 Å². The summed E-state index contributed by atoms with van der Waals surface area (Å²) in [6, 6.07) is -2.10. The van der Waals surface area contributed by atoms with Gasteiger partial charge in [0, 0.05) is 6.54 Å². The van der Waals surface area contributed by atoms with E-state index >= 15 is 0 Å². The highest BCUT2D eigenvalue weighted by Crippen LogP contribution is 2.31. The molecule has 2 atom stereocenters. The number of carbonyl (C=O) groups excluding carboxylic acids is 3. The van der Waals surface area contributed by atoms with Crippen LogP contribution < -0.4 is 5.73 Å². The number of primary amides is 1. The lowest BCUT2D eigenvalue weighted by Gasteiger charge is -2.27. The number of urea groups is 1. The van der Waals surface area contributed by atoms with Gasteiger partial charge in [-0.15, -0.1) is 4.28 Å². The van der Waals surface area contributed by atoms with Crippen LogP contribution in [0.3, 0.4) is 0 Å². The average Bonchev–Trinajstić information content (AvgIpc) is 2.77. The number of hydrogen-bond donors (Lipinski definition) is 1.